The van der Waals surface area contributed by atoms with E-state index in [1.807, 2.05) is 0 Å². The van der Waals surface area contributed by atoms with Crippen LogP contribution in [0.2, 0.25) is 0 Å². The van der Waals surface area contributed by atoms with Crippen molar-refractivity contribution in [1.29, 1.82) is 0 Å². The van der Waals surface area contributed by atoms with E-state index in [0.717, 1.165) is 0 Å². The van der Waals surface area contributed by atoms with Crippen LogP contribution in [-0.2, 0) is 0 Å². The van der Waals surface area contributed by atoms with Crippen LogP contribution in [0.4, 0.5) is 0 Å². The molecule has 0 saturated carbocycles. The highest BCUT2D eigenvalue weighted by Gasteiger charge is 2.22. The van der Waals surface area contributed by atoms with Gasteiger partial charge >= 0.3 is 0 Å². The van der Waals surface area contributed by atoms with Crippen LogP contribution in [0.1, 0.15) is 28.2 Å². The van der Waals surface area contributed by atoms with Crippen LogP contribution >= 0.6 is 0 Å². The second kappa shape index (κ2) is 5.92. The first-order valence-corrected chi connectivity index (χ1v) is 9.00. The lowest BCUT2D eigenvalue weighted by molar-refractivity contribution is 0.998. The van der Waals surface area contributed by atoms with Crippen molar-refractivity contribution < 1.29 is 0 Å². The topological polar surface area (TPSA) is 31.6 Å². The van der Waals surface area contributed by atoms with Gasteiger partial charge in [-0.25, -0.2) is 0 Å². The van der Waals surface area contributed by atoms with Gasteiger partial charge in [0.2, 0.25) is 0 Å². The van der Waals surface area contributed by atoms with Crippen molar-refractivity contribution in [3.63, 3.8) is 0 Å². The average Bonchev–Trinajstić information content (AvgIpc) is 3.28. The van der Waals surface area contributed by atoms with E-state index in [9.17, 15) is 0 Å². The van der Waals surface area contributed by atoms with Crippen LogP contribution in [0, 0.1) is 6.92 Å². The number of aromatic amines is 2. The van der Waals surface area contributed by atoms with Gasteiger partial charge < -0.3 is 9.97 Å². The third-order valence-corrected chi connectivity index (χ3v) is 5.25. The molecule has 2 N–H and O–H groups in total. The summed E-state index contributed by atoms with van der Waals surface area (Å²) in [6.07, 6.45) is 4.33. The van der Waals surface area contributed by atoms with Crippen molar-refractivity contribution in [2.75, 3.05) is 0 Å². The number of aryl methyl sites for hydroxylation is 1. The van der Waals surface area contributed by atoms with Crippen LogP contribution in [-0.4, -0.2) is 9.97 Å². The molecule has 1 atom stereocenters. The summed E-state index contributed by atoms with van der Waals surface area (Å²) in [7, 11) is 0. The molecule has 0 bridgehead atoms. The van der Waals surface area contributed by atoms with Crippen LogP contribution in [0.5, 0.6) is 0 Å². The Morgan fingerprint density at radius 1 is 0.654 bits per heavy atom. The van der Waals surface area contributed by atoms with Gasteiger partial charge in [-0.05, 0) is 41.3 Å². The SMILES string of the molecule is Cc1ccc2c(C(c3ccccc3)c3c[nH]c4ccccc34)c[nH]c2c1. The standard InChI is InChI=1S/C24H20N2/c1-16-11-12-19-21(15-26-23(19)13-16)24(17-7-3-2-4-8-17)20-14-25-22-10-6-5-9-18(20)22/h2-15,24-26H,1H3. The number of hydrogen-bond acceptors (Lipinski definition) is 0. The average molecular weight is 336 g/mol. The van der Waals surface area contributed by atoms with E-state index < -0.39 is 0 Å². The third kappa shape index (κ3) is 2.34. The molecule has 0 amide bonds. The number of benzene rings is 3. The van der Waals surface area contributed by atoms with E-state index in [1.54, 1.807) is 0 Å². The Labute approximate surface area is 152 Å². The maximum Gasteiger partial charge on any atom is 0.0459 e. The normalized spacial score (nSPS) is 12.7. The Bertz CT molecular complexity index is 1190. The molecule has 2 nitrogen and oxygen atoms in total. The summed E-state index contributed by atoms with van der Waals surface area (Å²) in [6.45, 7) is 2.13. The Morgan fingerprint density at radius 2 is 1.31 bits per heavy atom. The second-order valence-electron chi connectivity index (χ2n) is 6.93. The largest absolute Gasteiger partial charge is 0.361 e. The maximum absolute atomic E-state index is 3.48. The van der Waals surface area contributed by atoms with E-state index in [-0.39, 0.29) is 5.92 Å². The van der Waals surface area contributed by atoms with E-state index in [0.29, 0.717) is 0 Å². The molecule has 3 aromatic carbocycles. The summed E-state index contributed by atoms with van der Waals surface area (Å²) in [5.74, 6) is 0.184. The summed E-state index contributed by atoms with van der Waals surface area (Å²) in [6, 6.07) is 25.9. The minimum Gasteiger partial charge on any atom is -0.361 e. The van der Waals surface area contributed by atoms with Gasteiger partial charge in [-0.15, -0.1) is 0 Å². The van der Waals surface area contributed by atoms with E-state index >= 15 is 0 Å². The Kier molecular flexibility index (Phi) is 3.42. The zero-order valence-electron chi connectivity index (χ0n) is 14.7. The van der Waals surface area contributed by atoms with Crippen molar-refractivity contribution >= 4 is 21.8 Å². The van der Waals surface area contributed by atoms with Crippen molar-refractivity contribution in [2.24, 2.45) is 0 Å². The lowest BCUT2D eigenvalue weighted by atomic mass is 9.85. The highest BCUT2D eigenvalue weighted by Crippen LogP contribution is 2.39. The number of nitrogens with one attached hydrogen (secondary N) is 2. The van der Waals surface area contributed by atoms with Gasteiger partial charge in [0.05, 0.1) is 0 Å². The van der Waals surface area contributed by atoms with E-state index in [4.69, 9.17) is 0 Å². The third-order valence-electron chi connectivity index (χ3n) is 5.25. The maximum atomic E-state index is 3.48. The predicted molar refractivity (Wildman–Crippen MR) is 109 cm³/mol. The van der Waals surface area contributed by atoms with Gasteiger partial charge in [0.15, 0.2) is 0 Å². The number of hydrogen-bond donors (Lipinski definition) is 2. The summed E-state index contributed by atoms with van der Waals surface area (Å²) < 4.78 is 0. The first-order chi connectivity index (χ1) is 12.8. The summed E-state index contributed by atoms with van der Waals surface area (Å²) in [5, 5.41) is 2.57. The van der Waals surface area contributed by atoms with Gasteiger partial charge in [0.1, 0.15) is 0 Å². The van der Waals surface area contributed by atoms with Gasteiger partial charge in [-0.3, -0.25) is 0 Å². The number of fused-ring (bicyclic) bond motifs is 2. The molecule has 5 rings (SSSR count). The zero-order valence-corrected chi connectivity index (χ0v) is 14.7. The summed E-state index contributed by atoms with van der Waals surface area (Å²) in [5.41, 5.74) is 7.58. The molecular weight excluding hydrogens is 316 g/mol. The first kappa shape index (κ1) is 15.0. The predicted octanol–water partition coefficient (Wildman–Crippen LogP) is 6.14. The minimum atomic E-state index is 0.184. The monoisotopic (exact) mass is 336 g/mol. The van der Waals surface area contributed by atoms with Gasteiger partial charge in [-0.1, -0.05) is 60.7 Å². The number of rotatable bonds is 3. The number of para-hydroxylation sites is 1. The van der Waals surface area contributed by atoms with E-state index in [1.165, 1.54) is 44.1 Å². The van der Waals surface area contributed by atoms with Crippen molar-refractivity contribution in [2.45, 2.75) is 12.8 Å². The van der Waals surface area contributed by atoms with E-state index in [2.05, 4.69) is 102 Å². The molecule has 2 heteroatoms. The molecule has 0 fully saturated rings. The quantitative estimate of drug-likeness (QED) is 0.397. The smallest absolute Gasteiger partial charge is 0.0459 e. The molecule has 2 aromatic heterocycles. The molecule has 5 aromatic rings. The highest BCUT2D eigenvalue weighted by atomic mass is 14.7. The summed E-state index contributed by atoms with van der Waals surface area (Å²) in [4.78, 5) is 6.93. The van der Waals surface area contributed by atoms with Gasteiger partial charge in [0, 0.05) is 40.1 Å². The van der Waals surface area contributed by atoms with Crippen LogP contribution in [0.25, 0.3) is 21.8 Å². The lowest BCUT2D eigenvalue weighted by Crippen LogP contribution is -2.02. The van der Waals surface area contributed by atoms with Crippen LogP contribution in [0.3, 0.4) is 0 Å². The molecule has 26 heavy (non-hydrogen) atoms. The van der Waals surface area contributed by atoms with Gasteiger partial charge in [0.25, 0.3) is 0 Å². The molecular formula is C24H20N2. The lowest BCUT2D eigenvalue weighted by Gasteiger charge is -2.17. The van der Waals surface area contributed by atoms with Crippen molar-refractivity contribution in [3.8, 4) is 0 Å². The Morgan fingerprint density at radius 3 is 2.12 bits per heavy atom. The van der Waals surface area contributed by atoms with Crippen LogP contribution < -0.4 is 0 Å². The number of aromatic nitrogens is 2. The van der Waals surface area contributed by atoms with Crippen molar-refractivity contribution in [1.82, 2.24) is 9.97 Å². The molecule has 2 heterocycles. The molecule has 0 aliphatic carbocycles. The molecule has 0 saturated heterocycles. The van der Waals surface area contributed by atoms with Crippen LogP contribution in [0.15, 0.2) is 85.2 Å². The fourth-order valence-corrected chi connectivity index (χ4v) is 4.01. The molecule has 126 valence electrons. The minimum absolute atomic E-state index is 0.184. The fourth-order valence-electron chi connectivity index (χ4n) is 4.01. The number of H-pyrrole nitrogens is 2. The zero-order chi connectivity index (χ0) is 17.5. The molecule has 0 aliphatic heterocycles. The first-order valence-electron chi connectivity index (χ1n) is 9.00. The fraction of sp³-hybridized carbons (Fsp3) is 0.0833. The second-order valence-corrected chi connectivity index (χ2v) is 6.93. The van der Waals surface area contributed by atoms with Crippen molar-refractivity contribution in [3.05, 3.63) is 107 Å². The Hall–Kier alpha value is -3.26. The molecule has 0 aliphatic rings. The Balaban J connectivity index is 1.80. The molecule has 1 unspecified atom stereocenters. The molecule has 0 radical (unpaired) electrons. The molecule has 0 spiro atoms. The summed E-state index contributed by atoms with van der Waals surface area (Å²) >= 11 is 0. The highest BCUT2D eigenvalue weighted by molar-refractivity contribution is 5.89. The van der Waals surface area contributed by atoms with Gasteiger partial charge in [-0.2, -0.15) is 0 Å².